The van der Waals surface area contributed by atoms with Crippen LogP contribution in [0.5, 0.6) is 0 Å². The van der Waals surface area contributed by atoms with Crippen molar-refractivity contribution in [2.45, 2.75) is 20.3 Å². The van der Waals surface area contributed by atoms with E-state index in [0.29, 0.717) is 34.6 Å². The lowest BCUT2D eigenvalue weighted by Crippen LogP contribution is -2.17. The molecule has 0 radical (unpaired) electrons. The smallest absolute Gasteiger partial charge is 0.295 e. The second-order valence-electron chi connectivity index (χ2n) is 6.19. The van der Waals surface area contributed by atoms with Gasteiger partial charge in [-0.2, -0.15) is 0 Å². The number of nitrogens with zero attached hydrogens (tertiary/aromatic N) is 3. The molecule has 0 aliphatic heterocycles. The van der Waals surface area contributed by atoms with Gasteiger partial charge in [0.05, 0.1) is 4.92 Å². The Morgan fingerprint density at radius 3 is 2.74 bits per heavy atom. The zero-order valence-corrected chi connectivity index (χ0v) is 15.0. The lowest BCUT2D eigenvalue weighted by molar-refractivity contribution is -0.383. The van der Waals surface area contributed by atoms with E-state index in [0.717, 1.165) is 5.56 Å². The molecule has 3 aromatic rings. The highest BCUT2D eigenvalue weighted by Gasteiger charge is 2.15. The number of nitrogens with one attached hydrogen (secondary N) is 2. The minimum absolute atomic E-state index is 0.0394. The molecule has 0 spiro atoms. The normalized spacial score (nSPS) is 10.6. The number of benzene rings is 1. The molecule has 2 heterocycles. The molecule has 8 nitrogen and oxygen atoms in total. The summed E-state index contributed by atoms with van der Waals surface area (Å²) in [5.41, 5.74) is 2.68. The number of non-ortho nitro benzene ring substituents is 1. The molecule has 1 aromatic carbocycles. The van der Waals surface area contributed by atoms with Crippen LogP contribution in [0.25, 0.3) is 10.9 Å². The number of carbonyl (C=O) groups is 1. The van der Waals surface area contributed by atoms with Gasteiger partial charge in [0.25, 0.3) is 5.69 Å². The molecular weight excluding hydrogens is 346 g/mol. The molecular formula is C19H19N5O3. The Labute approximate surface area is 155 Å². The SMILES string of the molecule is Cc1ccc(NC(=O)CCNc2cc(C)nc3c([N+](=O)[O-])cccc23)nc1. The van der Waals surface area contributed by atoms with Crippen molar-refractivity contribution in [1.29, 1.82) is 0 Å². The second-order valence-corrected chi connectivity index (χ2v) is 6.19. The van der Waals surface area contributed by atoms with Gasteiger partial charge in [-0.3, -0.25) is 14.9 Å². The first kappa shape index (κ1) is 18.2. The van der Waals surface area contributed by atoms with Gasteiger partial charge in [-0.25, -0.2) is 9.97 Å². The molecule has 0 saturated carbocycles. The first-order chi connectivity index (χ1) is 12.9. The summed E-state index contributed by atoms with van der Waals surface area (Å²) in [5, 5.41) is 17.8. The van der Waals surface area contributed by atoms with Gasteiger partial charge in [-0.1, -0.05) is 18.2 Å². The maximum absolute atomic E-state index is 12.1. The van der Waals surface area contributed by atoms with Crippen LogP contribution >= 0.6 is 0 Å². The molecule has 0 saturated heterocycles. The third-order valence-electron chi connectivity index (χ3n) is 3.99. The molecule has 0 atom stereocenters. The van der Waals surface area contributed by atoms with Crippen LogP contribution in [0.15, 0.2) is 42.6 Å². The van der Waals surface area contributed by atoms with Crippen molar-refractivity contribution in [3.8, 4) is 0 Å². The van der Waals surface area contributed by atoms with Gasteiger partial charge < -0.3 is 10.6 Å². The van der Waals surface area contributed by atoms with Gasteiger partial charge in [-0.15, -0.1) is 0 Å². The van der Waals surface area contributed by atoms with Crippen LogP contribution in [-0.2, 0) is 4.79 Å². The molecule has 138 valence electrons. The first-order valence-corrected chi connectivity index (χ1v) is 8.45. The fraction of sp³-hybridized carbons (Fsp3) is 0.211. The largest absolute Gasteiger partial charge is 0.384 e. The van der Waals surface area contributed by atoms with Crippen molar-refractivity contribution in [3.05, 3.63) is 64.0 Å². The number of nitro benzene ring substituents is 1. The highest BCUT2D eigenvalue weighted by atomic mass is 16.6. The van der Waals surface area contributed by atoms with E-state index in [4.69, 9.17) is 0 Å². The van der Waals surface area contributed by atoms with E-state index in [1.807, 2.05) is 19.1 Å². The van der Waals surface area contributed by atoms with Crippen LogP contribution < -0.4 is 10.6 Å². The quantitative estimate of drug-likeness (QED) is 0.510. The number of para-hydroxylation sites is 1. The number of fused-ring (bicyclic) bond motifs is 1. The van der Waals surface area contributed by atoms with Crippen molar-refractivity contribution >= 4 is 34.0 Å². The first-order valence-electron chi connectivity index (χ1n) is 8.45. The summed E-state index contributed by atoms with van der Waals surface area (Å²) < 4.78 is 0. The molecule has 1 amide bonds. The summed E-state index contributed by atoms with van der Waals surface area (Å²) in [6.45, 7) is 4.07. The number of aromatic nitrogens is 2. The van der Waals surface area contributed by atoms with Crippen molar-refractivity contribution < 1.29 is 9.72 Å². The molecule has 0 unspecified atom stereocenters. The molecule has 0 aliphatic carbocycles. The van der Waals surface area contributed by atoms with Crippen LogP contribution in [0.4, 0.5) is 17.2 Å². The van der Waals surface area contributed by atoms with Gasteiger partial charge in [0.2, 0.25) is 5.91 Å². The minimum Gasteiger partial charge on any atom is -0.384 e. The van der Waals surface area contributed by atoms with E-state index >= 15 is 0 Å². The highest BCUT2D eigenvalue weighted by Crippen LogP contribution is 2.29. The summed E-state index contributed by atoms with van der Waals surface area (Å²) in [4.78, 5) is 31.3. The fourth-order valence-corrected chi connectivity index (χ4v) is 2.71. The summed E-state index contributed by atoms with van der Waals surface area (Å²) in [7, 11) is 0. The van der Waals surface area contributed by atoms with Crippen LogP contribution in [0.2, 0.25) is 0 Å². The molecule has 2 aromatic heterocycles. The van der Waals surface area contributed by atoms with Gasteiger partial charge in [-0.05, 0) is 31.5 Å². The average Bonchev–Trinajstić information content (AvgIpc) is 2.63. The van der Waals surface area contributed by atoms with Gasteiger partial charge >= 0.3 is 0 Å². The predicted molar refractivity (Wildman–Crippen MR) is 104 cm³/mol. The number of rotatable bonds is 6. The van der Waals surface area contributed by atoms with Crippen molar-refractivity contribution in [1.82, 2.24) is 9.97 Å². The summed E-state index contributed by atoms with van der Waals surface area (Å²) >= 11 is 0. The molecule has 0 bridgehead atoms. The Balaban J connectivity index is 1.70. The lowest BCUT2D eigenvalue weighted by atomic mass is 10.1. The third kappa shape index (κ3) is 4.35. The number of anilines is 2. The summed E-state index contributed by atoms with van der Waals surface area (Å²) in [6, 6.07) is 10.3. The van der Waals surface area contributed by atoms with Crippen molar-refractivity contribution in [2.24, 2.45) is 0 Å². The zero-order valence-electron chi connectivity index (χ0n) is 15.0. The van der Waals surface area contributed by atoms with E-state index in [9.17, 15) is 14.9 Å². The van der Waals surface area contributed by atoms with Crippen LogP contribution in [0.3, 0.4) is 0 Å². The number of carbonyl (C=O) groups excluding carboxylic acids is 1. The van der Waals surface area contributed by atoms with Crippen molar-refractivity contribution in [2.75, 3.05) is 17.2 Å². The van der Waals surface area contributed by atoms with E-state index in [2.05, 4.69) is 20.6 Å². The van der Waals surface area contributed by atoms with Crippen molar-refractivity contribution in [3.63, 3.8) is 0 Å². The predicted octanol–water partition coefficient (Wildman–Crippen LogP) is 3.60. The van der Waals surface area contributed by atoms with Crippen LogP contribution in [-0.4, -0.2) is 27.3 Å². The number of pyridine rings is 2. The van der Waals surface area contributed by atoms with Gasteiger partial charge in [0.1, 0.15) is 5.82 Å². The number of nitro groups is 1. The number of amides is 1. The van der Waals surface area contributed by atoms with Gasteiger partial charge in [0, 0.05) is 42.0 Å². The van der Waals surface area contributed by atoms with E-state index < -0.39 is 4.92 Å². The number of hydrogen-bond acceptors (Lipinski definition) is 6. The molecule has 3 rings (SSSR count). The lowest BCUT2D eigenvalue weighted by Gasteiger charge is -2.11. The Bertz CT molecular complexity index is 1000. The molecule has 27 heavy (non-hydrogen) atoms. The zero-order chi connectivity index (χ0) is 19.4. The Kier molecular flexibility index (Phi) is 5.25. The standard InChI is InChI=1S/C19H19N5O3/c1-12-6-7-17(21-11-12)23-18(25)8-9-20-15-10-13(2)22-19-14(15)4-3-5-16(19)24(26)27/h3-7,10-11H,8-9H2,1-2H3,(H,20,22)(H,21,23,25). The van der Waals surface area contributed by atoms with Crippen LogP contribution in [0.1, 0.15) is 17.7 Å². The highest BCUT2D eigenvalue weighted by molar-refractivity contribution is 5.97. The molecule has 2 N–H and O–H groups in total. The average molecular weight is 365 g/mol. The number of hydrogen-bond donors (Lipinski definition) is 2. The fourth-order valence-electron chi connectivity index (χ4n) is 2.71. The molecule has 0 fully saturated rings. The van der Waals surface area contributed by atoms with E-state index in [1.54, 1.807) is 31.3 Å². The Hall–Kier alpha value is -3.55. The van der Waals surface area contributed by atoms with Crippen LogP contribution in [0, 0.1) is 24.0 Å². The number of aryl methyl sites for hydroxylation is 2. The summed E-state index contributed by atoms with van der Waals surface area (Å²) in [6.07, 6.45) is 1.92. The third-order valence-corrected chi connectivity index (χ3v) is 3.99. The second kappa shape index (κ2) is 7.77. The van der Waals surface area contributed by atoms with E-state index in [1.165, 1.54) is 6.07 Å². The minimum atomic E-state index is -0.444. The topological polar surface area (TPSA) is 110 Å². The van der Waals surface area contributed by atoms with E-state index in [-0.39, 0.29) is 18.0 Å². The Morgan fingerprint density at radius 2 is 2.04 bits per heavy atom. The summed E-state index contributed by atoms with van der Waals surface area (Å²) in [5.74, 6) is 0.339. The molecule has 8 heteroatoms. The Morgan fingerprint density at radius 1 is 1.22 bits per heavy atom. The monoisotopic (exact) mass is 365 g/mol. The van der Waals surface area contributed by atoms with Gasteiger partial charge in [0.15, 0.2) is 5.52 Å². The maximum Gasteiger partial charge on any atom is 0.295 e. The molecule has 0 aliphatic rings. The maximum atomic E-state index is 12.1.